The summed E-state index contributed by atoms with van der Waals surface area (Å²) in [7, 11) is -1.34. The fraction of sp³-hybridized carbons (Fsp3) is 0.0833. The predicted octanol–water partition coefficient (Wildman–Crippen LogP) is 2.73. The Kier molecular flexibility index (Phi) is 4.57. The summed E-state index contributed by atoms with van der Waals surface area (Å²) in [6, 6.07) is 8.34. The molecular weight excluding hydrogens is 304 g/mol. The standard InChI is InChI=1S/C12H11ClN2O2S2/c13-9-4-3-8(14)6-10(9)15-11(16)7-19(17)12-2-1-5-18-12/h1-6H,7,14H2,(H,15,16). The Labute approximate surface area is 122 Å². The van der Waals surface area contributed by atoms with Gasteiger partial charge in [0.15, 0.2) is 0 Å². The highest BCUT2D eigenvalue weighted by Gasteiger charge is 2.12. The Balaban J connectivity index is 2.02. The average Bonchev–Trinajstić information content (AvgIpc) is 2.87. The Morgan fingerprint density at radius 1 is 1.42 bits per heavy atom. The van der Waals surface area contributed by atoms with E-state index in [4.69, 9.17) is 17.3 Å². The number of anilines is 2. The number of benzene rings is 1. The van der Waals surface area contributed by atoms with Crippen LogP contribution in [0.3, 0.4) is 0 Å². The number of halogens is 1. The SMILES string of the molecule is Nc1ccc(Cl)c(NC(=O)CS(=O)c2cccs2)c1. The molecule has 2 rings (SSSR count). The molecule has 0 radical (unpaired) electrons. The zero-order chi connectivity index (χ0) is 13.8. The van der Waals surface area contributed by atoms with E-state index >= 15 is 0 Å². The van der Waals surface area contributed by atoms with E-state index in [2.05, 4.69) is 5.32 Å². The lowest BCUT2D eigenvalue weighted by atomic mass is 10.3. The van der Waals surface area contributed by atoms with Gasteiger partial charge in [-0.15, -0.1) is 11.3 Å². The van der Waals surface area contributed by atoms with Gasteiger partial charge in [-0.2, -0.15) is 0 Å². The summed E-state index contributed by atoms with van der Waals surface area (Å²) < 4.78 is 12.5. The lowest BCUT2D eigenvalue weighted by Gasteiger charge is -2.07. The van der Waals surface area contributed by atoms with Crippen LogP contribution in [0.5, 0.6) is 0 Å². The second-order valence-electron chi connectivity index (χ2n) is 3.71. The van der Waals surface area contributed by atoms with Crippen molar-refractivity contribution in [3.8, 4) is 0 Å². The van der Waals surface area contributed by atoms with Crippen molar-refractivity contribution < 1.29 is 9.00 Å². The normalized spacial score (nSPS) is 12.1. The molecule has 1 aromatic heterocycles. The number of nitrogens with one attached hydrogen (secondary N) is 1. The van der Waals surface area contributed by atoms with Crippen molar-refractivity contribution in [1.82, 2.24) is 0 Å². The Bertz CT molecular complexity index is 614. The van der Waals surface area contributed by atoms with Crippen LogP contribution in [0.25, 0.3) is 0 Å². The van der Waals surface area contributed by atoms with Crippen molar-refractivity contribution in [2.24, 2.45) is 0 Å². The Hall–Kier alpha value is -1.37. The summed E-state index contributed by atoms with van der Waals surface area (Å²) in [4.78, 5) is 11.8. The summed E-state index contributed by atoms with van der Waals surface area (Å²) in [5.74, 6) is -0.467. The van der Waals surface area contributed by atoms with E-state index in [9.17, 15) is 9.00 Å². The van der Waals surface area contributed by atoms with Crippen molar-refractivity contribution in [2.45, 2.75) is 4.21 Å². The third-order valence-corrected chi connectivity index (χ3v) is 5.19. The van der Waals surface area contributed by atoms with Gasteiger partial charge in [-0.05, 0) is 29.6 Å². The van der Waals surface area contributed by atoms with E-state index in [0.717, 1.165) is 0 Å². The Morgan fingerprint density at radius 2 is 2.21 bits per heavy atom. The second kappa shape index (κ2) is 6.18. The van der Waals surface area contributed by atoms with Gasteiger partial charge in [-0.3, -0.25) is 9.00 Å². The van der Waals surface area contributed by atoms with Gasteiger partial charge in [0.25, 0.3) is 0 Å². The molecule has 3 N–H and O–H groups in total. The minimum absolute atomic E-state index is 0.106. The van der Waals surface area contributed by atoms with Gasteiger partial charge in [0, 0.05) is 5.69 Å². The maximum atomic E-state index is 11.9. The summed E-state index contributed by atoms with van der Waals surface area (Å²) in [6.07, 6.45) is 0. The minimum atomic E-state index is -1.34. The second-order valence-corrected chi connectivity index (χ2v) is 6.74. The molecular formula is C12H11ClN2O2S2. The number of rotatable bonds is 4. The quantitative estimate of drug-likeness (QED) is 0.852. The van der Waals surface area contributed by atoms with Crippen LogP contribution in [0.1, 0.15) is 0 Å². The average molecular weight is 315 g/mol. The van der Waals surface area contributed by atoms with Gasteiger partial charge in [-0.1, -0.05) is 17.7 Å². The van der Waals surface area contributed by atoms with Crippen molar-refractivity contribution in [2.75, 3.05) is 16.8 Å². The molecule has 1 amide bonds. The van der Waals surface area contributed by atoms with Crippen LogP contribution in [0.15, 0.2) is 39.9 Å². The van der Waals surface area contributed by atoms with Crippen molar-refractivity contribution in [1.29, 1.82) is 0 Å². The molecule has 0 bridgehead atoms. The first kappa shape index (κ1) is 14.0. The zero-order valence-electron chi connectivity index (χ0n) is 9.76. The fourth-order valence-electron chi connectivity index (χ4n) is 1.41. The van der Waals surface area contributed by atoms with Crippen LogP contribution < -0.4 is 11.1 Å². The first-order valence-electron chi connectivity index (χ1n) is 5.33. The van der Waals surface area contributed by atoms with Crippen LogP contribution in [0.4, 0.5) is 11.4 Å². The molecule has 4 nitrogen and oxygen atoms in total. The van der Waals surface area contributed by atoms with Gasteiger partial charge >= 0.3 is 0 Å². The molecule has 0 saturated heterocycles. The van der Waals surface area contributed by atoms with Crippen molar-refractivity contribution >= 4 is 51.0 Å². The molecule has 1 atom stereocenters. The number of thiophene rings is 1. The first-order chi connectivity index (χ1) is 9.06. The molecule has 1 unspecified atom stereocenters. The van der Waals surface area contributed by atoms with Crippen molar-refractivity contribution in [3.63, 3.8) is 0 Å². The largest absolute Gasteiger partial charge is 0.399 e. The van der Waals surface area contributed by atoms with Gasteiger partial charge < -0.3 is 11.1 Å². The predicted molar refractivity (Wildman–Crippen MR) is 80.1 cm³/mol. The van der Waals surface area contributed by atoms with Gasteiger partial charge in [0.2, 0.25) is 5.91 Å². The number of hydrogen-bond acceptors (Lipinski definition) is 4. The van der Waals surface area contributed by atoms with E-state index < -0.39 is 10.8 Å². The number of nitrogen functional groups attached to an aromatic ring is 1. The number of nitrogens with two attached hydrogens (primary N) is 1. The van der Waals surface area contributed by atoms with E-state index in [1.165, 1.54) is 11.3 Å². The number of hydrogen-bond donors (Lipinski definition) is 2. The monoisotopic (exact) mass is 314 g/mol. The topological polar surface area (TPSA) is 72.2 Å². The zero-order valence-corrected chi connectivity index (χ0v) is 12.1. The highest BCUT2D eigenvalue weighted by Crippen LogP contribution is 2.24. The molecule has 7 heteroatoms. The summed E-state index contributed by atoms with van der Waals surface area (Å²) in [6.45, 7) is 0. The van der Waals surface area contributed by atoms with Crippen LogP contribution in [-0.4, -0.2) is 15.9 Å². The molecule has 0 fully saturated rings. The van der Waals surface area contributed by atoms with E-state index in [-0.39, 0.29) is 11.7 Å². The van der Waals surface area contributed by atoms with Gasteiger partial charge in [0.05, 0.1) is 25.7 Å². The molecule has 0 aliphatic rings. The maximum Gasteiger partial charge on any atom is 0.237 e. The lowest BCUT2D eigenvalue weighted by Crippen LogP contribution is -2.19. The first-order valence-corrected chi connectivity index (χ1v) is 7.90. The highest BCUT2D eigenvalue weighted by molar-refractivity contribution is 7.88. The number of amides is 1. The van der Waals surface area contributed by atoms with E-state index in [1.807, 2.05) is 5.38 Å². The molecule has 0 aliphatic heterocycles. The fourth-order valence-corrected chi connectivity index (χ4v) is 3.48. The molecule has 1 aromatic carbocycles. The highest BCUT2D eigenvalue weighted by atomic mass is 35.5. The summed E-state index contributed by atoms with van der Waals surface area (Å²) in [5.41, 5.74) is 6.54. The van der Waals surface area contributed by atoms with Gasteiger partial charge in [-0.25, -0.2) is 0 Å². The van der Waals surface area contributed by atoms with Crippen LogP contribution in [-0.2, 0) is 15.6 Å². The lowest BCUT2D eigenvalue weighted by molar-refractivity contribution is -0.113. The molecule has 0 spiro atoms. The molecule has 1 heterocycles. The maximum absolute atomic E-state index is 11.9. The summed E-state index contributed by atoms with van der Waals surface area (Å²) in [5, 5.41) is 4.82. The van der Waals surface area contributed by atoms with Crippen molar-refractivity contribution in [3.05, 3.63) is 40.7 Å². The van der Waals surface area contributed by atoms with Crippen LogP contribution in [0.2, 0.25) is 5.02 Å². The smallest absolute Gasteiger partial charge is 0.237 e. The molecule has 100 valence electrons. The minimum Gasteiger partial charge on any atom is -0.399 e. The Morgan fingerprint density at radius 3 is 2.89 bits per heavy atom. The van der Waals surface area contributed by atoms with Gasteiger partial charge in [0.1, 0.15) is 5.75 Å². The molecule has 2 aromatic rings. The van der Waals surface area contributed by atoms with E-state index in [0.29, 0.717) is 20.6 Å². The van der Waals surface area contributed by atoms with Crippen LogP contribution >= 0.6 is 22.9 Å². The third kappa shape index (κ3) is 3.79. The number of carbonyl (C=O) groups excluding carboxylic acids is 1. The van der Waals surface area contributed by atoms with E-state index in [1.54, 1.807) is 30.3 Å². The number of carbonyl (C=O) groups is 1. The summed E-state index contributed by atoms with van der Waals surface area (Å²) >= 11 is 7.29. The molecule has 19 heavy (non-hydrogen) atoms. The molecule has 0 aliphatic carbocycles. The third-order valence-electron chi connectivity index (χ3n) is 2.25. The van der Waals surface area contributed by atoms with Crippen LogP contribution in [0, 0.1) is 0 Å². The molecule has 0 saturated carbocycles.